The third kappa shape index (κ3) is 3.50. The van der Waals surface area contributed by atoms with Crippen LogP contribution >= 0.6 is 12.2 Å². The highest BCUT2D eigenvalue weighted by Crippen LogP contribution is 2.27. The summed E-state index contributed by atoms with van der Waals surface area (Å²) in [5.74, 6) is 0.522. The lowest BCUT2D eigenvalue weighted by atomic mass is 10.2. The fourth-order valence-corrected chi connectivity index (χ4v) is 2.40. The van der Waals surface area contributed by atoms with Gasteiger partial charge in [-0.3, -0.25) is 0 Å². The van der Waals surface area contributed by atoms with Gasteiger partial charge >= 0.3 is 0 Å². The van der Waals surface area contributed by atoms with E-state index in [4.69, 9.17) is 22.7 Å². The predicted molar refractivity (Wildman–Crippen MR) is 83.6 cm³/mol. The molecule has 7 nitrogen and oxygen atoms in total. The minimum absolute atomic E-state index is 0.00473. The molecule has 3 N–H and O–H groups in total. The quantitative estimate of drug-likeness (QED) is 0.807. The number of hydrogen-bond donors (Lipinski definition) is 2. The standard InChI is InChI=1S/C12H14N4O3S2/c1-19-10-5-8(15-12(13)20)3-4-9(10)16-6-11(14-7-16)21(2,17)18/h3-7H,1-2H3,(H3,13,15,20). The Hall–Kier alpha value is -2.13. The van der Waals surface area contributed by atoms with E-state index in [9.17, 15) is 8.42 Å². The van der Waals surface area contributed by atoms with Gasteiger partial charge in [0.15, 0.2) is 20.0 Å². The molecule has 0 aliphatic carbocycles. The molecule has 1 aromatic heterocycles. The summed E-state index contributed by atoms with van der Waals surface area (Å²) < 4.78 is 29.8. The van der Waals surface area contributed by atoms with Crippen molar-refractivity contribution in [2.45, 2.75) is 5.03 Å². The Bertz CT molecular complexity index is 784. The van der Waals surface area contributed by atoms with Gasteiger partial charge in [0.1, 0.15) is 12.1 Å². The first-order valence-corrected chi connectivity index (χ1v) is 8.10. The van der Waals surface area contributed by atoms with Crippen molar-refractivity contribution in [1.82, 2.24) is 9.55 Å². The van der Waals surface area contributed by atoms with Crippen molar-refractivity contribution in [2.75, 3.05) is 18.7 Å². The van der Waals surface area contributed by atoms with Crippen LogP contribution in [0.2, 0.25) is 0 Å². The molecule has 0 aliphatic heterocycles. The molecule has 1 aromatic carbocycles. The zero-order valence-corrected chi connectivity index (χ0v) is 13.0. The SMILES string of the molecule is COc1cc(NC(N)=S)ccc1-n1cnc(S(C)(=O)=O)c1. The van der Waals surface area contributed by atoms with Gasteiger partial charge in [-0.1, -0.05) is 0 Å². The van der Waals surface area contributed by atoms with Gasteiger partial charge in [0.2, 0.25) is 0 Å². The number of nitrogens with zero attached hydrogens (tertiary/aromatic N) is 2. The Kier molecular flexibility index (Phi) is 4.14. The maximum absolute atomic E-state index is 11.5. The second kappa shape index (κ2) is 5.70. The maximum Gasteiger partial charge on any atom is 0.194 e. The largest absolute Gasteiger partial charge is 0.494 e. The Balaban J connectivity index is 2.44. The number of imidazole rings is 1. The van der Waals surface area contributed by atoms with E-state index >= 15 is 0 Å². The molecule has 2 aromatic rings. The molecule has 0 radical (unpaired) electrons. The number of nitrogens with one attached hydrogen (secondary N) is 1. The van der Waals surface area contributed by atoms with E-state index in [-0.39, 0.29) is 10.1 Å². The van der Waals surface area contributed by atoms with Crippen LogP contribution < -0.4 is 15.8 Å². The summed E-state index contributed by atoms with van der Waals surface area (Å²) in [6.45, 7) is 0. The van der Waals surface area contributed by atoms with Crippen molar-refractivity contribution < 1.29 is 13.2 Å². The average molecular weight is 326 g/mol. The number of rotatable bonds is 4. The molecule has 1 heterocycles. The number of anilines is 1. The van der Waals surface area contributed by atoms with Crippen LogP contribution in [0, 0.1) is 0 Å². The molecule has 0 amide bonds. The monoisotopic (exact) mass is 326 g/mol. The zero-order chi connectivity index (χ0) is 15.6. The number of nitrogens with two attached hydrogens (primary N) is 1. The molecule has 0 fully saturated rings. The smallest absolute Gasteiger partial charge is 0.194 e. The molecule has 112 valence electrons. The van der Waals surface area contributed by atoms with Gasteiger partial charge in [0.05, 0.1) is 12.8 Å². The lowest BCUT2D eigenvalue weighted by Gasteiger charge is -2.11. The second-order valence-corrected chi connectivity index (χ2v) is 6.67. The van der Waals surface area contributed by atoms with Gasteiger partial charge in [0.25, 0.3) is 0 Å². The van der Waals surface area contributed by atoms with Gasteiger partial charge in [-0.05, 0) is 24.4 Å². The van der Waals surface area contributed by atoms with Gasteiger partial charge in [0, 0.05) is 24.2 Å². The molecule has 21 heavy (non-hydrogen) atoms. The van der Waals surface area contributed by atoms with E-state index in [0.29, 0.717) is 17.1 Å². The van der Waals surface area contributed by atoms with E-state index in [2.05, 4.69) is 10.3 Å². The Morgan fingerprint density at radius 3 is 2.71 bits per heavy atom. The Morgan fingerprint density at radius 1 is 1.48 bits per heavy atom. The normalized spacial score (nSPS) is 11.1. The molecule has 0 spiro atoms. The first kappa shape index (κ1) is 15.3. The summed E-state index contributed by atoms with van der Waals surface area (Å²) in [5.41, 5.74) is 6.73. The fourth-order valence-electron chi connectivity index (χ4n) is 1.74. The molecule has 0 bridgehead atoms. The van der Waals surface area contributed by atoms with Gasteiger partial charge in [-0.25, -0.2) is 13.4 Å². The van der Waals surface area contributed by atoms with E-state index in [0.717, 1.165) is 6.26 Å². The lowest BCUT2D eigenvalue weighted by molar-refractivity contribution is 0.413. The van der Waals surface area contributed by atoms with Crippen LogP contribution in [0.1, 0.15) is 0 Å². The predicted octanol–water partition coefficient (Wildman–Crippen LogP) is 0.940. The van der Waals surface area contributed by atoms with Gasteiger partial charge in [-0.2, -0.15) is 0 Å². The molecular weight excluding hydrogens is 312 g/mol. The van der Waals surface area contributed by atoms with Crippen molar-refractivity contribution >= 4 is 32.9 Å². The van der Waals surface area contributed by atoms with Crippen molar-refractivity contribution in [1.29, 1.82) is 0 Å². The van der Waals surface area contributed by atoms with Gasteiger partial charge in [-0.15, -0.1) is 0 Å². The highest BCUT2D eigenvalue weighted by molar-refractivity contribution is 7.90. The number of benzene rings is 1. The number of sulfone groups is 1. The number of aromatic nitrogens is 2. The van der Waals surface area contributed by atoms with E-state index in [1.807, 2.05) is 0 Å². The average Bonchev–Trinajstić information content (AvgIpc) is 2.87. The molecule has 0 atom stereocenters. The van der Waals surface area contributed by atoms with Crippen LogP contribution in [0.3, 0.4) is 0 Å². The highest BCUT2D eigenvalue weighted by atomic mass is 32.2. The maximum atomic E-state index is 11.5. The minimum Gasteiger partial charge on any atom is -0.494 e. The Morgan fingerprint density at radius 2 is 2.19 bits per heavy atom. The van der Waals surface area contributed by atoms with Crippen molar-refractivity contribution in [2.24, 2.45) is 5.73 Å². The molecule has 0 unspecified atom stereocenters. The van der Waals surface area contributed by atoms with Crippen LogP contribution in [0.15, 0.2) is 35.7 Å². The summed E-state index contributed by atoms with van der Waals surface area (Å²) in [7, 11) is -1.84. The highest BCUT2D eigenvalue weighted by Gasteiger charge is 2.13. The van der Waals surface area contributed by atoms with Gasteiger partial charge < -0.3 is 20.4 Å². The summed E-state index contributed by atoms with van der Waals surface area (Å²) >= 11 is 4.77. The summed E-state index contributed by atoms with van der Waals surface area (Å²) in [6.07, 6.45) is 3.94. The number of thiocarbonyl (C=S) groups is 1. The zero-order valence-electron chi connectivity index (χ0n) is 11.4. The molecule has 9 heteroatoms. The third-order valence-electron chi connectivity index (χ3n) is 2.66. The molecule has 2 rings (SSSR count). The Labute approximate surface area is 127 Å². The first-order valence-electron chi connectivity index (χ1n) is 5.80. The van der Waals surface area contributed by atoms with E-state index in [1.165, 1.54) is 19.6 Å². The third-order valence-corrected chi connectivity index (χ3v) is 3.74. The minimum atomic E-state index is -3.35. The molecule has 0 aliphatic rings. The summed E-state index contributed by atoms with van der Waals surface area (Å²) in [6, 6.07) is 5.19. The van der Waals surface area contributed by atoms with Crippen LogP contribution in [0.5, 0.6) is 5.75 Å². The topological polar surface area (TPSA) is 99.2 Å². The summed E-state index contributed by atoms with van der Waals surface area (Å²) in [5, 5.41) is 2.94. The van der Waals surface area contributed by atoms with E-state index in [1.54, 1.807) is 22.8 Å². The van der Waals surface area contributed by atoms with Crippen molar-refractivity contribution in [3.63, 3.8) is 0 Å². The van der Waals surface area contributed by atoms with E-state index < -0.39 is 9.84 Å². The van der Waals surface area contributed by atoms with Crippen LogP contribution in [0.25, 0.3) is 5.69 Å². The number of methoxy groups -OCH3 is 1. The van der Waals surface area contributed by atoms with Crippen LogP contribution in [0.4, 0.5) is 5.69 Å². The number of hydrogen-bond acceptors (Lipinski definition) is 5. The molecule has 0 saturated heterocycles. The molecule has 0 saturated carbocycles. The molecular formula is C12H14N4O3S2. The van der Waals surface area contributed by atoms with Crippen molar-refractivity contribution in [3.8, 4) is 11.4 Å². The fraction of sp³-hybridized carbons (Fsp3) is 0.167. The number of ether oxygens (including phenoxy) is 1. The lowest BCUT2D eigenvalue weighted by Crippen LogP contribution is -2.18. The first-order chi connectivity index (χ1) is 9.81. The van der Waals surface area contributed by atoms with Crippen LogP contribution in [-0.4, -0.2) is 36.4 Å². The van der Waals surface area contributed by atoms with Crippen molar-refractivity contribution in [3.05, 3.63) is 30.7 Å². The van der Waals surface area contributed by atoms with Crippen LogP contribution in [-0.2, 0) is 9.84 Å². The summed E-state index contributed by atoms with van der Waals surface area (Å²) in [4.78, 5) is 3.87. The second-order valence-electron chi connectivity index (χ2n) is 4.27.